The van der Waals surface area contributed by atoms with Crippen LogP contribution in [0, 0.1) is 11.6 Å². The molecule has 1 aromatic carbocycles. The molecule has 0 saturated carbocycles. The van der Waals surface area contributed by atoms with Crippen LogP contribution in [0.4, 0.5) is 8.78 Å². The highest BCUT2D eigenvalue weighted by Crippen LogP contribution is 2.14. The minimum atomic E-state index is -0.910. The second-order valence-electron chi connectivity index (χ2n) is 3.77. The highest BCUT2D eigenvalue weighted by atomic mass is 19.2. The third kappa shape index (κ3) is 2.32. The predicted octanol–water partition coefficient (Wildman–Crippen LogP) is 1.72. The monoisotopic (exact) mass is 263 g/mol. The van der Waals surface area contributed by atoms with Crippen LogP contribution in [0.5, 0.6) is 0 Å². The molecule has 3 aromatic rings. The summed E-state index contributed by atoms with van der Waals surface area (Å²) in [6.45, 7) is 0. The Bertz CT molecular complexity index is 695. The molecule has 0 saturated heterocycles. The number of aromatic amines is 1. The van der Waals surface area contributed by atoms with E-state index < -0.39 is 11.6 Å². The Kier molecular flexibility index (Phi) is 2.75. The summed E-state index contributed by atoms with van der Waals surface area (Å²) in [4.78, 5) is 7.94. The molecule has 0 aliphatic heterocycles. The van der Waals surface area contributed by atoms with Crippen LogP contribution in [0.1, 0.15) is 11.5 Å². The molecule has 2 aromatic heterocycles. The van der Waals surface area contributed by atoms with Crippen molar-refractivity contribution in [3.8, 4) is 11.6 Å². The summed E-state index contributed by atoms with van der Waals surface area (Å²) in [5, 5.41) is 9.96. The maximum atomic E-state index is 13.0. The van der Waals surface area contributed by atoms with Gasteiger partial charge in [0.15, 0.2) is 17.5 Å². The minimum absolute atomic E-state index is 0.207. The van der Waals surface area contributed by atoms with Crippen molar-refractivity contribution in [2.45, 2.75) is 6.42 Å². The number of benzene rings is 1. The highest BCUT2D eigenvalue weighted by Gasteiger charge is 2.12. The van der Waals surface area contributed by atoms with E-state index in [2.05, 4.69) is 25.3 Å². The smallest absolute Gasteiger partial charge is 0.239 e. The largest absolute Gasteiger partial charge is 0.339 e. The molecule has 0 atom stereocenters. The summed E-state index contributed by atoms with van der Waals surface area (Å²) in [6.07, 6.45) is 1.53. The zero-order chi connectivity index (χ0) is 13.2. The zero-order valence-corrected chi connectivity index (χ0v) is 9.47. The van der Waals surface area contributed by atoms with Gasteiger partial charge >= 0.3 is 0 Å². The van der Waals surface area contributed by atoms with E-state index in [0.29, 0.717) is 11.4 Å². The Morgan fingerprint density at radius 2 is 2.11 bits per heavy atom. The van der Waals surface area contributed by atoms with Gasteiger partial charge in [-0.15, -0.1) is 0 Å². The molecule has 0 fully saturated rings. The summed E-state index contributed by atoms with van der Waals surface area (Å²) in [5.41, 5.74) is 0.534. The lowest BCUT2D eigenvalue weighted by Gasteiger charge is -1.97. The molecule has 0 aliphatic carbocycles. The van der Waals surface area contributed by atoms with E-state index in [1.54, 1.807) is 0 Å². The first-order valence-corrected chi connectivity index (χ1v) is 5.34. The number of aromatic nitrogens is 5. The topological polar surface area (TPSA) is 80.5 Å². The lowest BCUT2D eigenvalue weighted by molar-refractivity contribution is 0.385. The van der Waals surface area contributed by atoms with Gasteiger partial charge in [-0.25, -0.2) is 13.8 Å². The fourth-order valence-corrected chi connectivity index (χ4v) is 1.56. The number of halogens is 2. The summed E-state index contributed by atoms with van der Waals surface area (Å²) in [5.74, 6) is -0.892. The van der Waals surface area contributed by atoms with Gasteiger partial charge in [-0.05, 0) is 17.7 Å². The minimum Gasteiger partial charge on any atom is -0.339 e. The molecule has 8 heteroatoms. The molecule has 1 N–H and O–H groups in total. The summed E-state index contributed by atoms with van der Waals surface area (Å²) in [6, 6.07) is 3.60. The number of nitrogens with zero attached hydrogens (tertiary/aromatic N) is 4. The first-order chi connectivity index (χ1) is 9.22. The molecule has 19 heavy (non-hydrogen) atoms. The summed E-state index contributed by atoms with van der Waals surface area (Å²) in [7, 11) is 0. The van der Waals surface area contributed by atoms with Crippen molar-refractivity contribution >= 4 is 0 Å². The average Bonchev–Trinajstić information content (AvgIpc) is 3.04. The first kappa shape index (κ1) is 11.5. The normalized spacial score (nSPS) is 10.8. The van der Waals surface area contributed by atoms with Crippen LogP contribution in [0.15, 0.2) is 29.0 Å². The van der Waals surface area contributed by atoms with Gasteiger partial charge in [0.25, 0.3) is 0 Å². The van der Waals surface area contributed by atoms with Crippen molar-refractivity contribution in [1.29, 1.82) is 0 Å². The summed E-state index contributed by atoms with van der Waals surface area (Å²) >= 11 is 0. The summed E-state index contributed by atoms with van der Waals surface area (Å²) < 4.78 is 30.8. The SMILES string of the molecule is Fc1ccc(Cc2nc(-c3ncn[nH]3)no2)cc1F. The maximum Gasteiger partial charge on any atom is 0.239 e. The van der Waals surface area contributed by atoms with Gasteiger partial charge in [0.1, 0.15) is 6.33 Å². The Hall–Kier alpha value is -2.64. The van der Waals surface area contributed by atoms with Crippen LogP contribution in [-0.2, 0) is 6.42 Å². The maximum absolute atomic E-state index is 13.0. The number of hydrogen-bond donors (Lipinski definition) is 1. The molecule has 0 bridgehead atoms. The Labute approximate surface area is 105 Å². The predicted molar refractivity (Wildman–Crippen MR) is 58.8 cm³/mol. The fraction of sp³-hybridized carbons (Fsp3) is 0.0909. The number of nitrogens with one attached hydrogen (secondary N) is 1. The molecule has 2 heterocycles. The van der Waals surface area contributed by atoms with Crippen molar-refractivity contribution in [2.24, 2.45) is 0 Å². The first-order valence-electron chi connectivity index (χ1n) is 5.34. The van der Waals surface area contributed by atoms with Gasteiger partial charge in [-0.3, -0.25) is 5.10 Å². The van der Waals surface area contributed by atoms with E-state index in [1.807, 2.05) is 0 Å². The van der Waals surface area contributed by atoms with Crippen LogP contribution < -0.4 is 0 Å². The standard InChI is InChI=1S/C11H7F2N5O/c12-7-2-1-6(3-8(7)13)4-9-16-11(18-19-9)10-14-5-15-17-10/h1-3,5H,4H2,(H,14,15,17). The van der Waals surface area contributed by atoms with E-state index >= 15 is 0 Å². The van der Waals surface area contributed by atoms with Gasteiger partial charge in [0.05, 0.1) is 6.42 Å². The van der Waals surface area contributed by atoms with E-state index in [0.717, 1.165) is 12.1 Å². The molecule has 0 unspecified atom stereocenters. The van der Waals surface area contributed by atoms with E-state index in [1.165, 1.54) is 12.4 Å². The number of H-pyrrole nitrogens is 1. The molecular formula is C11H7F2N5O. The van der Waals surface area contributed by atoms with Gasteiger partial charge in [0.2, 0.25) is 11.7 Å². The molecular weight excluding hydrogens is 256 g/mol. The number of hydrogen-bond acceptors (Lipinski definition) is 5. The molecule has 96 valence electrons. The van der Waals surface area contributed by atoms with Crippen LogP contribution in [0.2, 0.25) is 0 Å². The lowest BCUT2D eigenvalue weighted by Crippen LogP contribution is -1.92. The van der Waals surface area contributed by atoms with Crippen LogP contribution in [0.25, 0.3) is 11.6 Å². The Morgan fingerprint density at radius 3 is 2.84 bits per heavy atom. The third-order valence-corrected chi connectivity index (χ3v) is 2.43. The molecule has 0 spiro atoms. The zero-order valence-electron chi connectivity index (χ0n) is 9.47. The van der Waals surface area contributed by atoms with Crippen molar-refractivity contribution in [3.63, 3.8) is 0 Å². The van der Waals surface area contributed by atoms with E-state index in [9.17, 15) is 8.78 Å². The van der Waals surface area contributed by atoms with Gasteiger partial charge in [-0.1, -0.05) is 11.2 Å². The Morgan fingerprint density at radius 1 is 1.21 bits per heavy atom. The molecule has 0 amide bonds. The van der Waals surface area contributed by atoms with Gasteiger partial charge in [-0.2, -0.15) is 10.1 Å². The van der Waals surface area contributed by atoms with Crippen LogP contribution >= 0.6 is 0 Å². The molecule has 3 rings (SSSR count). The second kappa shape index (κ2) is 4.56. The van der Waals surface area contributed by atoms with Gasteiger partial charge in [0, 0.05) is 0 Å². The second-order valence-corrected chi connectivity index (χ2v) is 3.77. The Balaban J connectivity index is 1.82. The fourth-order valence-electron chi connectivity index (χ4n) is 1.56. The van der Waals surface area contributed by atoms with E-state index in [-0.39, 0.29) is 18.1 Å². The lowest BCUT2D eigenvalue weighted by atomic mass is 10.1. The van der Waals surface area contributed by atoms with Crippen molar-refractivity contribution in [3.05, 3.63) is 47.6 Å². The average molecular weight is 263 g/mol. The van der Waals surface area contributed by atoms with Crippen molar-refractivity contribution < 1.29 is 13.3 Å². The number of rotatable bonds is 3. The van der Waals surface area contributed by atoms with E-state index in [4.69, 9.17) is 4.52 Å². The van der Waals surface area contributed by atoms with Crippen LogP contribution in [0.3, 0.4) is 0 Å². The van der Waals surface area contributed by atoms with Crippen molar-refractivity contribution in [2.75, 3.05) is 0 Å². The van der Waals surface area contributed by atoms with Crippen LogP contribution in [-0.4, -0.2) is 25.3 Å². The molecule has 0 aliphatic rings. The van der Waals surface area contributed by atoms with Crippen molar-refractivity contribution in [1.82, 2.24) is 25.3 Å². The third-order valence-electron chi connectivity index (χ3n) is 2.43. The molecule has 0 radical (unpaired) electrons. The highest BCUT2D eigenvalue weighted by molar-refractivity contribution is 5.39. The quantitative estimate of drug-likeness (QED) is 0.778. The molecule has 6 nitrogen and oxygen atoms in total. The van der Waals surface area contributed by atoms with Gasteiger partial charge < -0.3 is 4.52 Å².